The molecule has 1 aromatic rings. The van der Waals surface area contributed by atoms with Gasteiger partial charge in [-0.1, -0.05) is 18.2 Å². The Labute approximate surface area is 119 Å². The number of piperidine rings is 1. The van der Waals surface area contributed by atoms with Crippen molar-refractivity contribution in [2.24, 2.45) is 5.41 Å². The fourth-order valence-electron chi connectivity index (χ4n) is 3.44. The number of pyridine rings is 1. The Morgan fingerprint density at radius 2 is 2.20 bits per heavy atom. The molecule has 1 aliphatic carbocycles. The van der Waals surface area contributed by atoms with Gasteiger partial charge in [0.25, 0.3) is 0 Å². The Kier molecular flexibility index (Phi) is 3.47. The molecule has 0 bridgehead atoms. The fourth-order valence-corrected chi connectivity index (χ4v) is 3.44. The molecule has 20 heavy (non-hydrogen) atoms. The highest BCUT2D eigenvalue weighted by atomic mass is 16.4. The SMILES string of the molecule is O=C(O)c1cccc(N2CCCC3(CC=CCC3)C2)n1. The van der Waals surface area contributed by atoms with Gasteiger partial charge in [-0.25, -0.2) is 9.78 Å². The fraction of sp³-hybridized carbons (Fsp3) is 0.500. The number of nitrogens with zero attached hydrogens (tertiary/aromatic N) is 2. The maximum Gasteiger partial charge on any atom is 0.354 e. The van der Waals surface area contributed by atoms with E-state index in [1.807, 2.05) is 6.07 Å². The van der Waals surface area contributed by atoms with E-state index in [2.05, 4.69) is 22.0 Å². The zero-order valence-corrected chi connectivity index (χ0v) is 11.6. The third-order valence-electron chi connectivity index (χ3n) is 4.50. The monoisotopic (exact) mass is 272 g/mol. The van der Waals surface area contributed by atoms with Crippen LogP contribution in [0.5, 0.6) is 0 Å². The first-order valence-electron chi connectivity index (χ1n) is 7.29. The lowest BCUT2D eigenvalue weighted by molar-refractivity contribution is 0.0690. The van der Waals surface area contributed by atoms with Crippen molar-refractivity contribution in [3.8, 4) is 0 Å². The maximum absolute atomic E-state index is 11.0. The van der Waals surface area contributed by atoms with Gasteiger partial charge in [0.1, 0.15) is 5.82 Å². The second kappa shape index (κ2) is 5.27. The molecule has 1 unspecified atom stereocenters. The van der Waals surface area contributed by atoms with E-state index in [9.17, 15) is 4.79 Å². The second-order valence-electron chi connectivity index (χ2n) is 5.93. The minimum Gasteiger partial charge on any atom is -0.477 e. The van der Waals surface area contributed by atoms with Crippen LogP contribution in [-0.4, -0.2) is 29.1 Å². The van der Waals surface area contributed by atoms with Crippen molar-refractivity contribution in [1.29, 1.82) is 0 Å². The summed E-state index contributed by atoms with van der Waals surface area (Å²) in [4.78, 5) is 17.6. The minimum atomic E-state index is -0.959. The highest BCUT2D eigenvalue weighted by molar-refractivity contribution is 5.85. The number of rotatable bonds is 2. The van der Waals surface area contributed by atoms with E-state index in [1.165, 1.54) is 12.8 Å². The first kappa shape index (κ1) is 13.2. The van der Waals surface area contributed by atoms with Crippen LogP contribution < -0.4 is 4.90 Å². The zero-order valence-electron chi connectivity index (χ0n) is 11.6. The molecular formula is C16H20N2O2. The smallest absolute Gasteiger partial charge is 0.354 e. The Morgan fingerprint density at radius 1 is 1.30 bits per heavy atom. The number of aromatic nitrogens is 1. The van der Waals surface area contributed by atoms with Crippen molar-refractivity contribution in [3.05, 3.63) is 36.0 Å². The van der Waals surface area contributed by atoms with Crippen LogP contribution in [-0.2, 0) is 0 Å². The van der Waals surface area contributed by atoms with Crippen LogP contribution >= 0.6 is 0 Å². The highest BCUT2D eigenvalue weighted by Crippen LogP contribution is 2.41. The normalized spacial score (nSPS) is 25.9. The topological polar surface area (TPSA) is 53.4 Å². The number of allylic oxidation sites excluding steroid dienone is 2. The van der Waals surface area contributed by atoms with Crippen molar-refractivity contribution in [2.45, 2.75) is 32.1 Å². The van der Waals surface area contributed by atoms with E-state index < -0.39 is 5.97 Å². The summed E-state index contributed by atoms with van der Waals surface area (Å²) in [6, 6.07) is 5.26. The van der Waals surface area contributed by atoms with Gasteiger partial charge in [-0.2, -0.15) is 0 Å². The van der Waals surface area contributed by atoms with E-state index in [-0.39, 0.29) is 5.69 Å². The number of carbonyl (C=O) groups is 1. The summed E-state index contributed by atoms with van der Waals surface area (Å²) in [5, 5.41) is 9.06. The van der Waals surface area contributed by atoms with Crippen LogP contribution in [0.1, 0.15) is 42.6 Å². The van der Waals surface area contributed by atoms with Gasteiger partial charge < -0.3 is 10.0 Å². The third-order valence-corrected chi connectivity index (χ3v) is 4.50. The molecule has 0 radical (unpaired) electrons. The predicted octanol–water partition coefficient (Wildman–Crippen LogP) is 3.11. The molecule has 106 valence electrons. The Morgan fingerprint density at radius 3 is 2.95 bits per heavy atom. The van der Waals surface area contributed by atoms with Crippen molar-refractivity contribution in [2.75, 3.05) is 18.0 Å². The molecule has 1 aliphatic heterocycles. The first-order chi connectivity index (χ1) is 9.69. The van der Waals surface area contributed by atoms with E-state index in [4.69, 9.17) is 5.11 Å². The molecule has 1 saturated heterocycles. The zero-order chi connectivity index (χ0) is 14.0. The van der Waals surface area contributed by atoms with Crippen LogP contribution in [0.2, 0.25) is 0 Å². The molecule has 2 heterocycles. The standard InChI is InChI=1S/C16H20N2O2/c19-15(20)13-6-4-7-14(17-13)18-11-5-10-16(12-18)8-2-1-3-9-16/h1-2,4,6-7H,3,5,8-12H2,(H,19,20). The molecule has 4 heteroatoms. The number of hydrogen-bond donors (Lipinski definition) is 1. The summed E-state index contributed by atoms with van der Waals surface area (Å²) in [6.07, 6.45) is 10.5. The Bertz CT molecular complexity index is 541. The third kappa shape index (κ3) is 2.55. The summed E-state index contributed by atoms with van der Waals surface area (Å²) in [5.41, 5.74) is 0.499. The van der Waals surface area contributed by atoms with E-state index in [0.717, 1.165) is 38.2 Å². The maximum atomic E-state index is 11.0. The van der Waals surface area contributed by atoms with Gasteiger partial charge in [-0.05, 0) is 49.7 Å². The second-order valence-corrected chi connectivity index (χ2v) is 5.93. The van der Waals surface area contributed by atoms with Gasteiger partial charge in [0, 0.05) is 13.1 Å². The molecular weight excluding hydrogens is 252 g/mol. The lowest BCUT2D eigenvalue weighted by Crippen LogP contribution is -2.44. The van der Waals surface area contributed by atoms with Crippen LogP contribution in [0.3, 0.4) is 0 Å². The van der Waals surface area contributed by atoms with Gasteiger partial charge in [0.05, 0.1) is 0 Å². The average molecular weight is 272 g/mol. The minimum absolute atomic E-state index is 0.130. The molecule has 0 amide bonds. The molecule has 0 saturated carbocycles. The van der Waals surface area contributed by atoms with Crippen molar-refractivity contribution < 1.29 is 9.90 Å². The number of carboxylic acid groups (broad SMARTS) is 1. The molecule has 1 atom stereocenters. The largest absolute Gasteiger partial charge is 0.477 e. The predicted molar refractivity (Wildman–Crippen MR) is 78.1 cm³/mol. The van der Waals surface area contributed by atoms with E-state index in [1.54, 1.807) is 12.1 Å². The highest BCUT2D eigenvalue weighted by Gasteiger charge is 2.35. The molecule has 3 rings (SSSR count). The number of carboxylic acids is 1. The van der Waals surface area contributed by atoms with Gasteiger partial charge >= 0.3 is 5.97 Å². The van der Waals surface area contributed by atoms with Crippen LogP contribution in [0.4, 0.5) is 5.82 Å². The first-order valence-corrected chi connectivity index (χ1v) is 7.29. The molecule has 4 nitrogen and oxygen atoms in total. The Hall–Kier alpha value is -1.84. The summed E-state index contributed by atoms with van der Waals surface area (Å²) < 4.78 is 0. The number of aromatic carboxylic acids is 1. The summed E-state index contributed by atoms with van der Waals surface area (Å²) in [6.45, 7) is 1.97. The van der Waals surface area contributed by atoms with Crippen molar-refractivity contribution in [3.63, 3.8) is 0 Å². The van der Waals surface area contributed by atoms with E-state index >= 15 is 0 Å². The summed E-state index contributed by atoms with van der Waals surface area (Å²) >= 11 is 0. The number of hydrogen-bond acceptors (Lipinski definition) is 3. The molecule has 1 spiro atoms. The van der Waals surface area contributed by atoms with E-state index in [0.29, 0.717) is 5.41 Å². The molecule has 1 aromatic heterocycles. The lowest BCUT2D eigenvalue weighted by atomic mass is 9.71. The molecule has 0 aromatic carbocycles. The van der Waals surface area contributed by atoms with Crippen LogP contribution in [0.25, 0.3) is 0 Å². The van der Waals surface area contributed by atoms with Gasteiger partial charge in [-0.3, -0.25) is 0 Å². The van der Waals surface area contributed by atoms with Crippen LogP contribution in [0.15, 0.2) is 30.4 Å². The molecule has 1 fully saturated rings. The summed E-state index contributed by atoms with van der Waals surface area (Å²) in [5.74, 6) is -0.155. The molecule has 2 aliphatic rings. The average Bonchev–Trinajstić information content (AvgIpc) is 2.48. The lowest BCUT2D eigenvalue weighted by Gasteiger charge is -2.44. The van der Waals surface area contributed by atoms with Crippen molar-refractivity contribution >= 4 is 11.8 Å². The van der Waals surface area contributed by atoms with Gasteiger partial charge in [0.15, 0.2) is 5.69 Å². The van der Waals surface area contributed by atoms with Gasteiger partial charge in [0.2, 0.25) is 0 Å². The quantitative estimate of drug-likeness (QED) is 0.840. The molecule has 1 N–H and O–H groups in total. The Balaban J connectivity index is 1.81. The number of anilines is 1. The summed E-state index contributed by atoms with van der Waals surface area (Å²) in [7, 11) is 0. The van der Waals surface area contributed by atoms with Crippen molar-refractivity contribution in [1.82, 2.24) is 4.98 Å². The van der Waals surface area contributed by atoms with Crippen LogP contribution in [0, 0.1) is 5.41 Å². The van der Waals surface area contributed by atoms with Gasteiger partial charge in [-0.15, -0.1) is 0 Å².